The molecule has 0 aliphatic carbocycles. The van der Waals surface area contributed by atoms with E-state index in [4.69, 9.17) is 5.73 Å². The molecule has 0 fully saturated rings. The molecule has 0 aromatic carbocycles. The topological polar surface area (TPSA) is 74.6 Å². The van der Waals surface area contributed by atoms with Crippen molar-refractivity contribution in [3.05, 3.63) is 28.3 Å². The van der Waals surface area contributed by atoms with Crippen LogP contribution in [0.25, 0.3) is 0 Å². The summed E-state index contributed by atoms with van der Waals surface area (Å²) >= 11 is 3.32. The number of rotatable bonds is 2. The van der Waals surface area contributed by atoms with E-state index in [1.165, 1.54) is 0 Å². The van der Waals surface area contributed by atoms with Crippen LogP contribution < -0.4 is 5.73 Å². The molecule has 80 valence electrons. The summed E-state index contributed by atoms with van der Waals surface area (Å²) in [6.45, 7) is 0. The van der Waals surface area contributed by atoms with Gasteiger partial charge in [0.1, 0.15) is 0 Å². The second kappa shape index (κ2) is 3.74. The van der Waals surface area contributed by atoms with Gasteiger partial charge in [-0.2, -0.15) is 5.10 Å². The molecule has 1 unspecified atom stereocenters. The van der Waals surface area contributed by atoms with Gasteiger partial charge in [-0.3, -0.25) is 4.68 Å². The fourth-order valence-electron chi connectivity index (χ4n) is 1.50. The van der Waals surface area contributed by atoms with Gasteiger partial charge in [0.05, 0.1) is 17.4 Å². The van der Waals surface area contributed by atoms with Gasteiger partial charge in [0.25, 0.3) is 0 Å². The lowest BCUT2D eigenvalue weighted by Crippen LogP contribution is -2.19. The Hall–Kier alpha value is -1.21. The zero-order valence-electron chi connectivity index (χ0n) is 8.42. The Kier molecular flexibility index (Phi) is 2.57. The number of nitrogens with two attached hydrogens (primary N) is 1. The Morgan fingerprint density at radius 1 is 1.40 bits per heavy atom. The maximum Gasteiger partial charge on any atom is 0.153 e. The summed E-state index contributed by atoms with van der Waals surface area (Å²) < 4.78 is 4.06. The third-order valence-electron chi connectivity index (χ3n) is 2.30. The maximum atomic E-state index is 6.12. The van der Waals surface area contributed by atoms with E-state index in [1.807, 2.05) is 20.2 Å². The molecular formula is C8H11BrN6. The molecule has 0 radical (unpaired) electrons. The van der Waals surface area contributed by atoms with E-state index in [1.54, 1.807) is 15.6 Å². The van der Waals surface area contributed by atoms with Crippen LogP contribution in [0.4, 0.5) is 0 Å². The van der Waals surface area contributed by atoms with Crippen LogP contribution in [-0.2, 0) is 14.1 Å². The van der Waals surface area contributed by atoms with Crippen molar-refractivity contribution < 1.29 is 0 Å². The van der Waals surface area contributed by atoms with Gasteiger partial charge >= 0.3 is 0 Å². The van der Waals surface area contributed by atoms with E-state index in [9.17, 15) is 0 Å². The largest absolute Gasteiger partial charge is 0.318 e. The van der Waals surface area contributed by atoms with Gasteiger partial charge in [-0.05, 0) is 22.0 Å². The van der Waals surface area contributed by atoms with E-state index in [0.717, 1.165) is 11.4 Å². The standard InChI is InChI=1S/C8H11BrN6/c1-14-5(3-4-11-14)6(10)7-8(9)12-13-15(7)2/h3-4,6H,10H2,1-2H3. The molecule has 0 aliphatic heterocycles. The van der Waals surface area contributed by atoms with Crippen LogP contribution in [0.3, 0.4) is 0 Å². The van der Waals surface area contributed by atoms with Crippen molar-refractivity contribution in [3.8, 4) is 0 Å². The number of hydrogen-bond acceptors (Lipinski definition) is 4. The maximum absolute atomic E-state index is 6.12. The van der Waals surface area contributed by atoms with E-state index in [2.05, 4.69) is 31.3 Å². The van der Waals surface area contributed by atoms with Crippen molar-refractivity contribution in [3.63, 3.8) is 0 Å². The number of halogens is 1. The fourth-order valence-corrected chi connectivity index (χ4v) is 2.07. The number of hydrogen-bond donors (Lipinski definition) is 1. The van der Waals surface area contributed by atoms with Crippen molar-refractivity contribution in [2.75, 3.05) is 0 Å². The molecule has 2 heterocycles. The highest BCUT2D eigenvalue weighted by atomic mass is 79.9. The van der Waals surface area contributed by atoms with Gasteiger partial charge in [-0.15, -0.1) is 5.10 Å². The Labute approximate surface area is 95.2 Å². The quantitative estimate of drug-likeness (QED) is 0.855. The molecule has 0 saturated carbocycles. The van der Waals surface area contributed by atoms with Gasteiger partial charge < -0.3 is 5.73 Å². The molecule has 15 heavy (non-hydrogen) atoms. The first-order valence-corrected chi connectivity index (χ1v) is 5.19. The van der Waals surface area contributed by atoms with Crippen LogP contribution in [0, 0.1) is 0 Å². The van der Waals surface area contributed by atoms with Crippen molar-refractivity contribution in [2.24, 2.45) is 19.8 Å². The van der Waals surface area contributed by atoms with E-state index in [0.29, 0.717) is 4.60 Å². The second-order valence-electron chi connectivity index (χ2n) is 3.25. The Balaban J connectivity index is 2.45. The van der Waals surface area contributed by atoms with Crippen LogP contribution in [0.15, 0.2) is 16.9 Å². The first kappa shape index (κ1) is 10.3. The molecular weight excluding hydrogens is 260 g/mol. The van der Waals surface area contributed by atoms with Crippen molar-refractivity contribution in [1.29, 1.82) is 0 Å². The first-order valence-electron chi connectivity index (χ1n) is 4.40. The lowest BCUT2D eigenvalue weighted by atomic mass is 10.1. The molecule has 7 heteroatoms. The van der Waals surface area contributed by atoms with Gasteiger partial charge in [-0.25, -0.2) is 4.68 Å². The molecule has 0 aliphatic rings. The Bertz CT molecular complexity index is 454. The summed E-state index contributed by atoms with van der Waals surface area (Å²) in [5.74, 6) is 0. The molecule has 1 atom stereocenters. The summed E-state index contributed by atoms with van der Waals surface area (Å²) in [5.41, 5.74) is 7.87. The first-order chi connectivity index (χ1) is 7.11. The second-order valence-corrected chi connectivity index (χ2v) is 4.00. The monoisotopic (exact) mass is 270 g/mol. The third-order valence-corrected chi connectivity index (χ3v) is 2.86. The fraction of sp³-hybridized carbons (Fsp3) is 0.375. The van der Waals surface area contributed by atoms with Gasteiger partial charge in [0.2, 0.25) is 0 Å². The molecule has 0 bridgehead atoms. The van der Waals surface area contributed by atoms with E-state index >= 15 is 0 Å². The highest BCUT2D eigenvalue weighted by Crippen LogP contribution is 2.23. The number of aromatic nitrogens is 5. The number of aryl methyl sites for hydroxylation is 2. The van der Waals surface area contributed by atoms with Crippen LogP contribution >= 0.6 is 15.9 Å². The van der Waals surface area contributed by atoms with Gasteiger partial charge in [0.15, 0.2) is 4.60 Å². The van der Waals surface area contributed by atoms with E-state index in [-0.39, 0.29) is 6.04 Å². The van der Waals surface area contributed by atoms with Crippen molar-refractivity contribution in [1.82, 2.24) is 24.8 Å². The van der Waals surface area contributed by atoms with E-state index < -0.39 is 0 Å². The van der Waals surface area contributed by atoms with Gasteiger partial charge in [-0.1, -0.05) is 5.21 Å². The smallest absolute Gasteiger partial charge is 0.153 e. The summed E-state index contributed by atoms with van der Waals surface area (Å²) in [5, 5.41) is 11.9. The average Bonchev–Trinajstić information content (AvgIpc) is 2.73. The third kappa shape index (κ3) is 1.68. The molecule has 2 N–H and O–H groups in total. The minimum atomic E-state index is -0.285. The van der Waals surface area contributed by atoms with Crippen molar-refractivity contribution >= 4 is 15.9 Å². The summed E-state index contributed by atoms with van der Waals surface area (Å²) in [6, 6.07) is 1.59. The molecule has 2 aromatic rings. The van der Waals surface area contributed by atoms with Crippen LogP contribution in [-0.4, -0.2) is 24.8 Å². The highest BCUT2D eigenvalue weighted by Gasteiger charge is 2.20. The Morgan fingerprint density at radius 2 is 2.13 bits per heavy atom. The lowest BCUT2D eigenvalue weighted by Gasteiger charge is -2.11. The molecule has 2 rings (SSSR count). The highest BCUT2D eigenvalue weighted by molar-refractivity contribution is 9.10. The summed E-state index contributed by atoms with van der Waals surface area (Å²) in [7, 11) is 3.66. The molecule has 0 saturated heterocycles. The SMILES string of the molecule is Cn1nccc1C(N)c1c(Br)nnn1C. The predicted molar refractivity (Wildman–Crippen MR) is 57.9 cm³/mol. The summed E-state index contributed by atoms with van der Waals surface area (Å²) in [4.78, 5) is 0. The molecule has 6 nitrogen and oxygen atoms in total. The normalized spacial score (nSPS) is 13.1. The molecule has 2 aromatic heterocycles. The minimum Gasteiger partial charge on any atom is -0.318 e. The van der Waals surface area contributed by atoms with Crippen molar-refractivity contribution in [2.45, 2.75) is 6.04 Å². The zero-order chi connectivity index (χ0) is 11.0. The predicted octanol–water partition coefficient (Wildman–Crippen LogP) is 0.359. The minimum absolute atomic E-state index is 0.285. The average molecular weight is 271 g/mol. The Morgan fingerprint density at radius 3 is 2.60 bits per heavy atom. The van der Waals surface area contributed by atoms with Crippen LogP contribution in [0.2, 0.25) is 0 Å². The molecule has 0 amide bonds. The van der Waals surface area contributed by atoms with Crippen LogP contribution in [0.1, 0.15) is 17.4 Å². The van der Waals surface area contributed by atoms with Gasteiger partial charge in [0, 0.05) is 20.3 Å². The summed E-state index contributed by atoms with van der Waals surface area (Å²) in [6.07, 6.45) is 1.72. The molecule has 0 spiro atoms. The lowest BCUT2D eigenvalue weighted by molar-refractivity contribution is 0.612. The van der Waals surface area contributed by atoms with Crippen LogP contribution in [0.5, 0.6) is 0 Å². The zero-order valence-corrected chi connectivity index (χ0v) is 10.0. The number of nitrogens with zero attached hydrogens (tertiary/aromatic N) is 5.